The molecule has 9 amide bonds. The molecule has 11 atom stereocenters. The number of esters is 5. The zero-order chi connectivity index (χ0) is 95.8. The third-order valence-corrected chi connectivity index (χ3v) is 20.8. The predicted molar refractivity (Wildman–Crippen MR) is 475 cm³/mol. The van der Waals surface area contributed by atoms with Crippen LogP contribution >= 0.6 is 0 Å². The van der Waals surface area contributed by atoms with E-state index in [0.717, 1.165) is 49.8 Å². The van der Waals surface area contributed by atoms with E-state index in [2.05, 4.69) is 47.9 Å². The van der Waals surface area contributed by atoms with Crippen LogP contribution in [-0.2, 0) is 134 Å². The fourth-order valence-electron chi connectivity index (χ4n) is 14.5. The third kappa shape index (κ3) is 43.6. The van der Waals surface area contributed by atoms with Gasteiger partial charge in [-0.2, -0.15) is 0 Å². The molecule has 3 aromatic rings. The number of carbonyl (C=O) groups excluding carboxylic acids is 14. The minimum absolute atomic E-state index is 0.00999. The Morgan fingerprint density at radius 3 is 1.13 bits per heavy atom. The molecule has 0 spiro atoms. The summed E-state index contributed by atoms with van der Waals surface area (Å²) < 4.78 is 87.3. The molecule has 3 aromatic carbocycles. The average molecular weight is 1850 g/mol. The van der Waals surface area contributed by atoms with Gasteiger partial charge < -0.3 is 125 Å². The number of hydrogen-bond donors (Lipinski definition) is 10. The van der Waals surface area contributed by atoms with Crippen molar-refractivity contribution in [2.75, 3.05) is 126 Å². The number of nitrogens with two attached hydrogens (primary N) is 1. The molecule has 1 unspecified atom stereocenters. The van der Waals surface area contributed by atoms with Gasteiger partial charge in [0.25, 0.3) is 0 Å². The van der Waals surface area contributed by atoms with Crippen LogP contribution in [0.15, 0.2) is 78.9 Å². The highest BCUT2D eigenvalue weighted by atomic mass is 16.7. The van der Waals surface area contributed by atoms with Crippen LogP contribution in [0.2, 0.25) is 0 Å². The van der Waals surface area contributed by atoms with E-state index in [4.69, 9.17) is 76.8 Å². The lowest BCUT2D eigenvalue weighted by Crippen LogP contribution is -2.66. The number of ether oxygens (including phenoxy) is 15. The summed E-state index contributed by atoms with van der Waals surface area (Å²) >= 11 is 0. The van der Waals surface area contributed by atoms with Crippen molar-refractivity contribution >= 4 is 83.0 Å². The van der Waals surface area contributed by atoms with Crippen LogP contribution in [0.3, 0.4) is 0 Å². The number of hydrogen-bond acceptors (Lipinski definition) is 30. The second-order valence-electron chi connectivity index (χ2n) is 32.0. The van der Waals surface area contributed by atoms with E-state index < -0.39 is 121 Å². The first-order chi connectivity index (χ1) is 62.9. The Morgan fingerprint density at radius 2 is 0.725 bits per heavy atom. The first-order valence-corrected chi connectivity index (χ1v) is 45.1. The Kier molecular flexibility index (Phi) is 53.2. The normalized spacial score (nSPS) is 18.6. The molecule has 0 aliphatic carbocycles. The molecule has 0 radical (unpaired) electrons. The Bertz CT molecular complexity index is 3930. The first kappa shape index (κ1) is 111. The molecule has 0 aromatic heterocycles. The van der Waals surface area contributed by atoms with Gasteiger partial charge in [-0.05, 0) is 119 Å². The maximum Gasteiger partial charge on any atom is 0.303 e. The fourth-order valence-corrected chi connectivity index (χ4v) is 14.5. The monoisotopic (exact) mass is 1850 g/mol. The van der Waals surface area contributed by atoms with E-state index in [1.165, 1.54) is 34.6 Å². The minimum Gasteiger partial charge on any atom is -0.497 e. The van der Waals surface area contributed by atoms with E-state index in [1.807, 2.05) is 78.9 Å². The molecule has 131 heavy (non-hydrogen) atoms. The molecule has 11 N–H and O–H groups in total. The summed E-state index contributed by atoms with van der Waals surface area (Å²) in [6.45, 7) is 11.1. The number of methoxy groups -OCH3 is 2. The maximum atomic E-state index is 14.1. The number of unbranched alkanes of at least 4 members (excludes halogenated alkanes) is 7. The first-order valence-electron chi connectivity index (χ1n) is 45.1. The standard InChI is InChI=1S/C92H140N10O29/c1-62-85(127-66(5)106)87(129-68(7)108)83(100-63(2)103)89(126-62)122-52-22-20-31-77(111)95-47-25-49-97-80(114)43-56-120-60-91(59-119-55-42-79(113)94-46-24-45-93,61-121-57-44-81(115)98-50-26-48-96-78(112)32-21-23-53-123-90-84(101-64(3)104)88(130-69(8)109)86(128-67(6)107)75(131-90)58-124-65(4)105)102-82(116)33-19-14-12-11-13-18-30-76(110)99-51-27-54-125-92(70-28-16-15-17-29-70,71-34-38-73(117-9)39-35-71)72-36-40-74(118-10)41-37-72/h15-17,28-29,34-41,62,75,83-90H,11-14,18-27,30-33,42-61,93H2,1-10H3,(H,94,113)(H,95,111)(H,96,112)(H,97,114)(H,98,115)(H,99,110)(H,100,103)(H,101,104)(H,102,116)/t62-,75-,83-,84-,85+,86+,87-,88-,89-,90-,91?/m1/s1. The van der Waals surface area contributed by atoms with Crippen LogP contribution in [0.5, 0.6) is 11.5 Å². The zero-order valence-corrected chi connectivity index (χ0v) is 77.6. The van der Waals surface area contributed by atoms with Crippen LogP contribution < -0.4 is 63.1 Å². The Balaban J connectivity index is 1.12. The van der Waals surface area contributed by atoms with Gasteiger partial charge in [0.1, 0.15) is 47.4 Å². The number of benzene rings is 3. The summed E-state index contributed by atoms with van der Waals surface area (Å²) in [5.74, 6) is -5.00. The molecule has 2 saturated heterocycles. The molecule has 2 aliphatic heterocycles. The Morgan fingerprint density at radius 1 is 0.366 bits per heavy atom. The SMILES string of the molecule is COc1ccc(C(OCCCNC(=O)CCCCCCCCC(=O)NC(COCCC(=O)NCCCN)(COCCC(=O)NCCCNC(=O)CCCCO[C@@H]2O[C@H](C)[C@H](OC(C)=O)[C@H](OC(C)=O)[C@H]2NC(C)=O)COCCC(=O)NCCCNC(=O)CCCCO[C@@H]2O[C@H](COC(C)=O)[C@H](OC(C)=O)[C@H](OC(C)=O)[C@H]2NC(C)=O)(c2ccccc2)c2ccc(OC)cc2)cc1. The highest BCUT2D eigenvalue weighted by Crippen LogP contribution is 2.42. The topological polar surface area (TPSA) is 512 Å². The quantitative estimate of drug-likeness (QED) is 0.0160. The molecular weight excluding hydrogens is 1710 g/mol. The van der Waals surface area contributed by atoms with Crippen molar-refractivity contribution in [1.82, 2.24) is 47.9 Å². The Labute approximate surface area is 767 Å². The van der Waals surface area contributed by atoms with Crippen LogP contribution in [0.25, 0.3) is 0 Å². The van der Waals surface area contributed by atoms with E-state index >= 15 is 0 Å². The molecule has 39 heteroatoms. The van der Waals surface area contributed by atoms with Gasteiger partial charge >= 0.3 is 29.8 Å². The van der Waals surface area contributed by atoms with Crippen molar-refractivity contribution in [3.63, 3.8) is 0 Å². The molecule has 39 nitrogen and oxygen atoms in total. The van der Waals surface area contributed by atoms with Gasteiger partial charge in [-0.3, -0.25) is 67.1 Å². The lowest BCUT2D eigenvalue weighted by atomic mass is 9.80. The molecule has 732 valence electrons. The second-order valence-corrected chi connectivity index (χ2v) is 32.0. The van der Waals surface area contributed by atoms with Gasteiger partial charge in [0.2, 0.25) is 53.2 Å². The third-order valence-electron chi connectivity index (χ3n) is 20.8. The van der Waals surface area contributed by atoms with E-state index in [0.29, 0.717) is 115 Å². The van der Waals surface area contributed by atoms with Crippen molar-refractivity contribution in [1.29, 1.82) is 0 Å². The average Bonchev–Trinajstić information content (AvgIpc) is 0.751. The summed E-state index contributed by atoms with van der Waals surface area (Å²) in [7, 11) is 3.24. The Hall–Kier alpha value is -10.5. The van der Waals surface area contributed by atoms with Crippen molar-refractivity contribution in [3.05, 3.63) is 95.6 Å². The molecule has 5 rings (SSSR count). The van der Waals surface area contributed by atoms with Crippen molar-refractivity contribution in [3.8, 4) is 11.5 Å². The number of rotatable bonds is 66. The molecule has 2 aliphatic rings. The molecule has 0 bridgehead atoms. The van der Waals surface area contributed by atoms with E-state index in [1.54, 1.807) is 21.1 Å². The van der Waals surface area contributed by atoms with Crippen LogP contribution in [0, 0.1) is 0 Å². The summed E-state index contributed by atoms with van der Waals surface area (Å²) in [6, 6.07) is 23.4. The largest absolute Gasteiger partial charge is 0.497 e. The lowest BCUT2D eigenvalue weighted by molar-refractivity contribution is -0.277. The second kappa shape index (κ2) is 62.8. The van der Waals surface area contributed by atoms with Gasteiger partial charge in [-0.1, -0.05) is 80.3 Å². The van der Waals surface area contributed by atoms with E-state index in [9.17, 15) is 67.1 Å². The van der Waals surface area contributed by atoms with Crippen molar-refractivity contribution in [2.45, 2.75) is 263 Å². The van der Waals surface area contributed by atoms with Crippen LogP contribution in [0.1, 0.15) is 207 Å². The highest BCUT2D eigenvalue weighted by molar-refractivity contribution is 5.79. The number of nitrogens with one attached hydrogen (secondary N) is 9. The van der Waals surface area contributed by atoms with Gasteiger partial charge in [0.05, 0.1) is 66.6 Å². The van der Waals surface area contributed by atoms with Crippen molar-refractivity contribution in [2.24, 2.45) is 5.73 Å². The van der Waals surface area contributed by atoms with Gasteiger partial charge in [-0.25, -0.2) is 0 Å². The summed E-state index contributed by atoms with van der Waals surface area (Å²) in [6.07, 6.45) is -0.804. The molecule has 2 heterocycles. The van der Waals surface area contributed by atoms with Gasteiger partial charge in [-0.15, -0.1) is 0 Å². The van der Waals surface area contributed by atoms with Gasteiger partial charge in [0.15, 0.2) is 37.0 Å². The lowest BCUT2D eigenvalue weighted by Gasteiger charge is -2.44. The summed E-state index contributed by atoms with van der Waals surface area (Å²) in [5, 5.41) is 25.5. The minimum atomic E-state index is -1.40. The summed E-state index contributed by atoms with van der Waals surface area (Å²) in [4.78, 5) is 177. The fraction of sp³-hybridized carbons (Fsp3) is 0.652. The molecule has 0 saturated carbocycles. The van der Waals surface area contributed by atoms with Gasteiger partial charge in [0, 0.05) is 146 Å². The maximum absolute atomic E-state index is 14.1. The predicted octanol–water partition coefficient (Wildman–Crippen LogP) is 4.57. The smallest absolute Gasteiger partial charge is 0.303 e. The zero-order valence-electron chi connectivity index (χ0n) is 77.6. The van der Waals surface area contributed by atoms with Crippen molar-refractivity contribution < 1.29 is 138 Å². The number of amides is 9. The van der Waals surface area contributed by atoms with Crippen LogP contribution in [0.4, 0.5) is 0 Å². The molecule has 2 fully saturated rings. The number of carbonyl (C=O) groups is 14. The summed E-state index contributed by atoms with van der Waals surface area (Å²) in [5.41, 5.74) is 5.98. The molecular formula is C92H140N10O29. The van der Waals surface area contributed by atoms with E-state index in [-0.39, 0.29) is 159 Å². The highest BCUT2D eigenvalue weighted by Gasteiger charge is 2.52. The van der Waals surface area contributed by atoms with Crippen LogP contribution in [-0.4, -0.2) is 276 Å².